The van der Waals surface area contributed by atoms with Gasteiger partial charge in [-0.1, -0.05) is 0 Å². The number of anilines is 2. The summed E-state index contributed by atoms with van der Waals surface area (Å²) in [7, 11) is 0. The van der Waals surface area contributed by atoms with Crippen molar-refractivity contribution >= 4 is 22.8 Å². The standard InChI is InChI=1S/C20H20F6N8/c1-11-13-6-27-17(30-16(13)34(31-11)10-19(21,22)23)33-8-18(9-33)3-4-32(7-18)15-5-14(20(24,25)26)28-12(2)29-15/h5-6H,3-4,7-10H2,1-2H3. The SMILES string of the molecule is Cc1nc(N2CCC3(C2)CN(c2ncc4c(C)nn(CC(F)(F)F)c4n2)C3)cc(C(F)(F)F)n1. The smallest absolute Gasteiger partial charge is 0.356 e. The van der Waals surface area contributed by atoms with Gasteiger partial charge in [0.25, 0.3) is 0 Å². The van der Waals surface area contributed by atoms with E-state index in [0.717, 1.165) is 17.2 Å². The molecular formula is C20H20F6N8. The van der Waals surface area contributed by atoms with Gasteiger partial charge in [-0.3, -0.25) is 0 Å². The van der Waals surface area contributed by atoms with E-state index in [4.69, 9.17) is 0 Å². The Morgan fingerprint density at radius 2 is 1.68 bits per heavy atom. The number of hydrogen-bond donors (Lipinski definition) is 0. The van der Waals surface area contributed by atoms with Crippen molar-refractivity contribution in [1.29, 1.82) is 0 Å². The van der Waals surface area contributed by atoms with Gasteiger partial charge in [0.1, 0.15) is 23.9 Å². The van der Waals surface area contributed by atoms with Crippen molar-refractivity contribution in [3.05, 3.63) is 29.5 Å². The van der Waals surface area contributed by atoms with E-state index in [1.165, 1.54) is 13.1 Å². The van der Waals surface area contributed by atoms with Crippen molar-refractivity contribution in [3.8, 4) is 0 Å². The van der Waals surface area contributed by atoms with Crippen molar-refractivity contribution in [3.63, 3.8) is 0 Å². The van der Waals surface area contributed by atoms with Gasteiger partial charge in [-0.25, -0.2) is 19.6 Å². The van der Waals surface area contributed by atoms with Crippen LogP contribution in [-0.2, 0) is 12.7 Å². The van der Waals surface area contributed by atoms with Crippen LogP contribution in [0, 0.1) is 19.3 Å². The Labute approximate surface area is 189 Å². The molecule has 34 heavy (non-hydrogen) atoms. The quantitative estimate of drug-likeness (QED) is 0.525. The van der Waals surface area contributed by atoms with E-state index in [0.29, 0.717) is 43.2 Å². The summed E-state index contributed by atoms with van der Waals surface area (Å²) in [5.74, 6) is 0.588. The van der Waals surface area contributed by atoms with Gasteiger partial charge in [-0.2, -0.15) is 36.4 Å². The lowest BCUT2D eigenvalue weighted by molar-refractivity contribution is -0.142. The van der Waals surface area contributed by atoms with E-state index in [1.807, 2.05) is 9.80 Å². The Hall–Kier alpha value is -3.19. The van der Waals surface area contributed by atoms with Crippen molar-refractivity contribution in [2.45, 2.75) is 39.2 Å². The highest BCUT2D eigenvalue weighted by Gasteiger charge is 2.49. The Kier molecular flexibility index (Phi) is 4.92. The zero-order valence-electron chi connectivity index (χ0n) is 18.2. The largest absolute Gasteiger partial charge is 0.433 e. The third kappa shape index (κ3) is 4.09. The monoisotopic (exact) mass is 486 g/mol. The highest BCUT2D eigenvalue weighted by molar-refractivity contribution is 5.78. The van der Waals surface area contributed by atoms with E-state index in [2.05, 4.69) is 25.0 Å². The Morgan fingerprint density at radius 3 is 2.35 bits per heavy atom. The van der Waals surface area contributed by atoms with Crippen LogP contribution in [0.15, 0.2) is 12.3 Å². The number of fused-ring (bicyclic) bond motifs is 1. The van der Waals surface area contributed by atoms with Gasteiger partial charge in [-0.05, 0) is 20.3 Å². The molecule has 2 aliphatic heterocycles. The maximum absolute atomic E-state index is 13.1. The minimum Gasteiger partial charge on any atom is -0.356 e. The first kappa shape index (κ1) is 22.6. The molecule has 0 radical (unpaired) electrons. The number of rotatable bonds is 3. The van der Waals surface area contributed by atoms with E-state index < -0.39 is 24.6 Å². The molecule has 2 saturated heterocycles. The molecule has 2 fully saturated rings. The number of hydrogen-bond acceptors (Lipinski definition) is 7. The van der Waals surface area contributed by atoms with Crippen molar-refractivity contribution in [2.24, 2.45) is 5.41 Å². The predicted molar refractivity (Wildman–Crippen MR) is 109 cm³/mol. The first-order chi connectivity index (χ1) is 15.8. The molecule has 1 spiro atoms. The number of nitrogens with zero attached hydrogens (tertiary/aromatic N) is 8. The fraction of sp³-hybridized carbons (Fsp3) is 0.550. The number of aryl methyl sites for hydroxylation is 2. The van der Waals surface area contributed by atoms with Gasteiger partial charge in [0.05, 0.1) is 11.1 Å². The van der Waals surface area contributed by atoms with Gasteiger partial charge in [0.2, 0.25) is 5.95 Å². The second-order valence-electron chi connectivity index (χ2n) is 8.95. The zero-order valence-corrected chi connectivity index (χ0v) is 18.2. The minimum atomic E-state index is -4.56. The van der Waals surface area contributed by atoms with Crippen LogP contribution < -0.4 is 9.80 Å². The van der Waals surface area contributed by atoms with Crippen LogP contribution in [0.1, 0.15) is 23.6 Å². The third-order valence-corrected chi connectivity index (χ3v) is 6.20. The number of aromatic nitrogens is 6. The van der Waals surface area contributed by atoms with Crippen LogP contribution in [0.3, 0.4) is 0 Å². The van der Waals surface area contributed by atoms with Crippen molar-refractivity contribution < 1.29 is 26.3 Å². The molecule has 0 bridgehead atoms. The van der Waals surface area contributed by atoms with Crippen LogP contribution in [0.5, 0.6) is 0 Å². The number of alkyl halides is 6. The molecule has 0 saturated carbocycles. The molecule has 3 aromatic rings. The van der Waals surface area contributed by atoms with E-state index >= 15 is 0 Å². The Balaban J connectivity index is 1.32. The fourth-order valence-electron chi connectivity index (χ4n) is 4.68. The molecule has 2 aliphatic rings. The lowest BCUT2D eigenvalue weighted by Crippen LogP contribution is -2.58. The maximum atomic E-state index is 13.1. The lowest BCUT2D eigenvalue weighted by Gasteiger charge is -2.48. The van der Waals surface area contributed by atoms with Gasteiger partial charge >= 0.3 is 12.4 Å². The second kappa shape index (κ2) is 7.40. The fourth-order valence-corrected chi connectivity index (χ4v) is 4.68. The molecule has 0 aliphatic carbocycles. The molecular weight excluding hydrogens is 466 g/mol. The summed E-state index contributed by atoms with van der Waals surface area (Å²) >= 11 is 0. The maximum Gasteiger partial charge on any atom is 0.433 e. The highest BCUT2D eigenvalue weighted by atomic mass is 19.4. The zero-order chi connectivity index (χ0) is 24.5. The first-order valence-corrected chi connectivity index (χ1v) is 10.5. The summed E-state index contributed by atoms with van der Waals surface area (Å²) in [6.45, 7) is 3.90. The molecule has 0 atom stereocenters. The second-order valence-corrected chi connectivity index (χ2v) is 8.95. The predicted octanol–water partition coefficient (Wildman–Crippen LogP) is 3.53. The molecule has 8 nitrogen and oxygen atoms in total. The average molecular weight is 486 g/mol. The lowest BCUT2D eigenvalue weighted by atomic mass is 9.79. The Morgan fingerprint density at radius 1 is 0.971 bits per heavy atom. The summed E-state index contributed by atoms with van der Waals surface area (Å²) in [5.41, 5.74) is -0.628. The van der Waals surface area contributed by atoms with Gasteiger partial charge in [0.15, 0.2) is 5.65 Å². The molecule has 3 aromatic heterocycles. The molecule has 0 N–H and O–H groups in total. The molecule has 5 rings (SSSR count). The third-order valence-electron chi connectivity index (χ3n) is 6.20. The van der Waals surface area contributed by atoms with Gasteiger partial charge in [-0.15, -0.1) is 0 Å². The first-order valence-electron chi connectivity index (χ1n) is 10.5. The molecule has 14 heteroatoms. The van der Waals surface area contributed by atoms with Crippen LogP contribution in [0.2, 0.25) is 0 Å². The molecule has 182 valence electrons. The molecule has 0 aromatic carbocycles. The van der Waals surface area contributed by atoms with Crippen molar-refractivity contribution in [1.82, 2.24) is 29.7 Å². The van der Waals surface area contributed by atoms with E-state index in [1.54, 1.807) is 6.92 Å². The van der Waals surface area contributed by atoms with E-state index in [-0.39, 0.29) is 22.7 Å². The van der Waals surface area contributed by atoms with Crippen LogP contribution in [0.25, 0.3) is 11.0 Å². The van der Waals surface area contributed by atoms with Crippen LogP contribution in [-0.4, -0.2) is 62.1 Å². The summed E-state index contributed by atoms with van der Waals surface area (Å²) in [6.07, 6.45) is -6.78. The topological polar surface area (TPSA) is 75.9 Å². The highest BCUT2D eigenvalue weighted by Crippen LogP contribution is 2.42. The van der Waals surface area contributed by atoms with Gasteiger partial charge < -0.3 is 9.80 Å². The van der Waals surface area contributed by atoms with Crippen molar-refractivity contribution in [2.75, 3.05) is 36.0 Å². The van der Waals surface area contributed by atoms with Gasteiger partial charge in [0, 0.05) is 43.9 Å². The normalized spacial score (nSPS) is 18.2. The number of halogens is 6. The molecule has 0 unspecified atom stereocenters. The summed E-state index contributed by atoms with van der Waals surface area (Å²) < 4.78 is 79.0. The summed E-state index contributed by atoms with van der Waals surface area (Å²) in [6, 6.07) is 0.962. The summed E-state index contributed by atoms with van der Waals surface area (Å²) in [4.78, 5) is 20.0. The average Bonchev–Trinajstić information content (AvgIpc) is 3.27. The Bertz CT molecular complexity index is 1240. The summed E-state index contributed by atoms with van der Waals surface area (Å²) in [5, 5.41) is 4.40. The van der Waals surface area contributed by atoms with E-state index in [9.17, 15) is 26.3 Å². The van der Waals surface area contributed by atoms with Crippen LogP contribution in [0.4, 0.5) is 38.1 Å². The van der Waals surface area contributed by atoms with Crippen LogP contribution >= 0.6 is 0 Å². The minimum absolute atomic E-state index is 0.0495. The molecule has 5 heterocycles. The molecule has 0 amide bonds.